The summed E-state index contributed by atoms with van der Waals surface area (Å²) in [4.78, 5) is 27.3. The van der Waals surface area contributed by atoms with Gasteiger partial charge in [-0.25, -0.2) is 4.79 Å². The average molecular weight is 311 g/mol. The molecule has 0 radical (unpaired) electrons. The van der Waals surface area contributed by atoms with Gasteiger partial charge in [-0.05, 0) is 36.4 Å². The van der Waals surface area contributed by atoms with Gasteiger partial charge in [-0.15, -0.1) is 6.58 Å². The Morgan fingerprint density at radius 2 is 1.96 bits per heavy atom. The van der Waals surface area contributed by atoms with Gasteiger partial charge in [-0.1, -0.05) is 6.08 Å². The van der Waals surface area contributed by atoms with Gasteiger partial charge in [0.05, 0.1) is 12.7 Å². The van der Waals surface area contributed by atoms with Crippen LogP contribution in [0.3, 0.4) is 0 Å². The van der Waals surface area contributed by atoms with E-state index in [1.807, 2.05) is 0 Å². The fraction of sp³-hybridized carbons (Fsp3) is 0.118. The summed E-state index contributed by atoms with van der Waals surface area (Å²) < 4.78 is 4.65. The molecule has 23 heavy (non-hydrogen) atoms. The van der Waals surface area contributed by atoms with E-state index in [2.05, 4.69) is 26.9 Å². The van der Waals surface area contributed by atoms with Crippen molar-refractivity contribution >= 4 is 23.3 Å². The molecule has 2 N–H and O–H groups in total. The largest absolute Gasteiger partial charge is 0.465 e. The third-order valence-electron chi connectivity index (χ3n) is 2.99. The van der Waals surface area contributed by atoms with E-state index in [9.17, 15) is 9.59 Å². The summed E-state index contributed by atoms with van der Waals surface area (Å²) in [5, 5.41) is 5.81. The van der Waals surface area contributed by atoms with E-state index in [1.165, 1.54) is 7.11 Å². The zero-order chi connectivity index (χ0) is 16.7. The van der Waals surface area contributed by atoms with Crippen LogP contribution >= 0.6 is 0 Å². The van der Waals surface area contributed by atoms with Gasteiger partial charge in [0.15, 0.2) is 0 Å². The van der Waals surface area contributed by atoms with Crippen LogP contribution in [-0.4, -0.2) is 30.5 Å². The highest BCUT2D eigenvalue weighted by Gasteiger charge is 2.08. The second-order valence-corrected chi connectivity index (χ2v) is 4.62. The number of benzene rings is 1. The Bertz CT molecular complexity index is 711. The minimum Gasteiger partial charge on any atom is -0.465 e. The van der Waals surface area contributed by atoms with Gasteiger partial charge in [0.25, 0.3) is 5.91 Å². The van der Waals surface area contributed by atoms with Crippen molar-refractivity contribution in [2.45, 2.75) is 0 Å². The molecule has 2 aromatic rings. The monoisotopic (exact) mass is 311 g/mol. The Hall–Kier alpha value is -3.15. The number of nitrogens with one attached hydrogen (secondary N) is 2. The van der Waals surface area contributed by atoms with Crippen LogP contribution in [0.15, 0.2) is 55.3 Å². The minimum absolute atomic E-state index is 0.269. The van der Waals surface area contributed by atoms with Crippen molar-refractivity contribution in [1.82, 2.24) is 10.3 Å². The lowest BCUT2D eigenvalue weighted by atomic mass is 10.2. The van der Waals surface area contributed by atoms with Crippen LogP contribution in [0.1, 0.15) is 20.8 Å². The smallest absolute Gasteiger partial charge is 0.337 e. The molecule has 0 unspecified atom stereocenters. The van der Waals surface area contributed by atoms with Crippen LogP contribution in [0.4, 0.5) is 11.4 Å². The molecule has 1 amide bonds. The Morgan fingerprint density at radius 3 is 2.61 bits per heavy atom. The summed E-state index contributed by atoms with van der Waals surface area (Å²) >= 11 is 0. The van der Waals surface area contributed by atoms with E-state index in [-0.39, 0.29) is 11.9 Å². The lowest BCUT2D eigenvalue weighted by molar-refractivity contribution is 0.0600. The highest BCUT2D eigenvalue weighted by molar-refractivity contribution is 5.93. The van der Waals surface area contributed by atoms with Gasteiger partial charge in [0.1, 0.15) is 5.69 Å². The molecular formula is C17H17N3O3. The van der Waals surface area contributed by atoms with Gasteiger partial charge in [-0.2, -0.15) is 0 Å². The zero-order valence-corrected chi connectivity index (χ0v) is 12.7. The maximum absolute atomic E-state index is 11.9. The van der Waals surface area contributed by atoms with Crippen molar-refractivity contribution in [3.8, 4) is 0 Å². The molecule has 0 aliphatic carbocycles. The van der Waals surface area contributed by atoms with Crippen LogP contribution in [0, 0.1) is 0 Å². The molecular weight excluding hydrogens is 294 g/mol. The fourth-order valence-corrected chi connectivity index (χ4v) is 1.86. The predicted molar refractivity (Wildman–Crippen MR) is 87.8 cm³/mol. The maximum atomic E-state index is 11.9. The van der Waals surface area contributed by atoms with Crippen LogP contribution in [-0.2, 0) is 4.74 Å². The number of hydrogen-bond acceptors (Lipinski definition) is 5. The van der Waals surface area contributed by atoms with Crippen molar-refractivity contribution < 1.29 is 14.3 Å². The van der Waals surface area contributed by atoms with Gasteiger partial charge in [0.2, 0.25) is 0 Å². The molecule has 0 bridgehead atoms. The van der Waals surface area contributed by atoms with Crippen molar-refractivity contribution in [1.29, 1.82) is 0 Å². The summed E-state index contributed by atoms with van der Waals surface area (Å²) in [5.41, 5.74) is 2.27. The summed E-state index contributed by atoms with van der Waals surface area (Å²) in [5.74, 6) is -0.656. The van der Waals surface area contributed by atoms with Gasteiger partial charge in [-0.3, -0.25) is 9.78 Å². The second kappa shape index (κ2) is 7.74. The Kier molecular flexibility index (Phi) is 5.46. The number of amides is 1. The highest BCUT2D eigenvalue weighted by atomic mass is 16.5. The Labute approximate surface area is 134 Å². The summed E-state index contributed by atoms with van der Waals surface area (Å²) in [6, 6.07) is 10.2. The van der Waals surface area contributed by atoms with Crippen LogP contribution in [0.25, 0.3) is 0 Å². The number of aromatic nitrogens is 1. The second-order valence-electron chi connectivity index (χ2n) is 4.62. The first-order chi connectivity index (χ1) is 11.1. The summed E-state index contributed by atoms with van der Waals surface area (Å²) in [6.07, 6.45) is 3.15. The molecule has 118 valence electrons. The quantitative estimate of drug-likeness (QED) is 0.633. The molecule has 0 aliphatic rings. The zero-order valence-electron chi connectivity index (χ0n) is 12.7. The number of esters is 1. The van der Waals surface area contributed by atoms with E-state index >= 15 is 0 Å². The molecule has 0 spiro atoms. The third kappa shape index (κ3) is 4.41. The molecule has 1 aromatic heterocycles. The molecule has 0 aliphatic heterocycles. The molecule has 6 heteroatoms. The Morgan fingerprint density at radius 1 is 1.22 bits per heavy atom. The third-order valence-corrected chi connectivity index (χ3v) is 2.99. The number of carbonyl (C=O) groups is 2. The van der Waals surface area contributed by atoms with Gasteiger partial charge >= 0.3 is 5.97 Å². The number of carbonyl (C=O) groups excluding carboxylic acids is 2. The molecule has 6 nitrogen and oxygen atoms in total. The average Bonchev–Trinajstić information content (AvgIpc) is 2.60. The first-order valence-corrected chi connectivity index (χ1v) is 6.94. The number of ether oxygens (including phenoxy) is 1. The molecule has 2 rings (SSSR count). The van der Waals surface area contributed by atoms with Crippen molar-refractivity contribution in [2.24, 2.45) is 0 Å². The molecule has 0 atom stereocenters. The van der Waals surface area contributed by atoms with E-state index in [1.54, 1.807) is 48.7 Å². The first kappa shape index (κ1) is 16.2. The van der Waals surface area contributed by atoms with E-state index < -0.39 is 0 Å². The fourth-order valence-electron chi connectivity index (χ4n) is 1.86. The number of methoxy groups -OCH3 is 1. The molecule has 0 saturated carbocycles. The number of anilines is 2. The van der Waals surface area contributed by atoms with Crippen molar-refractivity contribution in [3.05, 3.63) is 66.5 Å². The van der Waals surface area contributed by atoms with Gasteiger partial charge < -0.3 is 15.4 Å². The number of nitrogens with zero attached hydrogens (tertiary/aromatic N) is 1. The normalized spacial score (nSPS) is 9.78. The Balaban J connectivity index is 2.09. The van der Waals surface area contributed by atoms with Crippen molar-refractivity contribution in [3.63, 3.8) is 0 Å². The van der Waals surface area contributed by atoms with Crippen molar-refractivity contribution in [2.75, 3.05) is 19.0 Å². The molecule has 1 aromatic carbocycles. The van der Waals surface area contributed by atoms with E-state index in [0.717, 1.165) is 11.4 Å². The van der Waals surface area contributed by atoms with E-state index in [0.29, 0.717) is 17.8 Å². The lowest BCUT2D eigenvalue weighted by Gasteiger charge is -2.08. The SMILES string of the molecule is C=CCNC(=O)c1cc(Nc2ccc(C(=O)OC)cc2)ccn1. The summed E-state index contributed by atoms with van der Waals surface area (Å²) in [6.45, 7) is 3.93. The maximum Gasteiger partial charge on any atom is 0.337 e. The molecule has 0 saturated heterocycles. The summed E-state index contributed by atoms with van der Waals surface area (Å²) in [7, 11) is 1.34. The van der Waals surface area contributed by atoms with Gasteiger partial charge in [0, 0.05) is 24.1 Å². The number of rotatable bonds is 6. The van der Waals surface area contributed by atoms with Crippen LogP contribution < -0.4 is 10.6 Å². The first-order valence-electron chi connectivity index (χ1n) is 6.94. The lowest BCUT2D eigenvalue weighted by Crippen LogP contribution is -2.24. The minimum atomic E-state index is -0.387. The number of hydrogen-bond donors (Lipinski definition) is 2. The predicted octanol–water partition coefficient (Wildman–Crippen LogP) is 2.53. The van der Waals surface area contributed by atoms with E-state index in [4.69, 9.17) is 0 Å². The standard InChI is InChI=1S/C17H17N3O3/c1-3-9-19-16(21)15-11-14(8-10-18-15)20-13-6-4-12(5-7-13)17(22)23-2/h3-8,10-11H,1,9H2,2H3,(H,18,20)(H,19,21). The number of pyridine rings is 1. The topological polar surface area (TPSA) is 80.3 Å². The highest BCUT2D eigenvalue weighted by Crippen LogP contribution is 2.17. The molecule has 1 heterocycles. The molecule has 0 fully saturated rings. The van der Waals surface area contributed by atoms with Crippen LogP contribution in [0.5, 0.6) is 0 Å². The van der Waals surface area contributed by atoms with Crippen LogP contribution in [0.2, 0.25) is 0 Å².